The van der Waals surface area contributed by atoms with Crippen molar-refractivity contribution in [1.82, 2.24) is 10.6 Å². The predicted octanol–water partition coefficient (Wildman–Crippen LogP) is 2.44. The van der Waals surface area contributed by atoms with Crippen LogP contribution in [-0.2, 0) is 0 Å². The Morgan fingerprint density at radius 2 is 2.00 bits per heavy atom. The molecule has 130 valence electrons. The Morgan fingerprint density at radius 1 is 1.30 bits per heavy atom. The second kappa shape index (κ2) is 9.29. The molecule has 0 aromatic heterocycles. The fourth-order valence-corrected chi connectivity index (χ4v) is 1.79. The van der Waals surface area contributed by atoms with Crippen LogP contribution in [0.1, 0.15) is 27.2 Å². The minimum Gasteiger partial charge on any atom is -0.488 e. The lowest BCUT2D eigenvalue weighted by Crippen LogP contribution is -2.44. The van der Waals surface area contributed by atoms with Crippen molar-refractivity contribution in [3.63, 3.8) is 0 Å². The van der Waals surface area contributed by atoms with Gasteiger partial charge in [0.25, 0.3) is 0 Å². The average Bonchev–Trinajstić information content (AvgIpc) is 2.46. The van der Waals surface area contributed by atoms with Crippen LogP contribution >= 0.6 is 0 Å². The monoisotopic (exact) mass is 330 g/mol. The molecule has 1 aromatic rings. The molecule has 0 aliphatic rings. The van der Waals surface area contributed by atoms with Gasteiger partial charge in [-0.1, -0.05) is 13.8 Å². The van der Waals surface area contributed by atoms with E-state index < -0.39 is 23.8 Å². The first kappa shape index (κ1) is 19.2. The lowest BCUT2D eigenvalue weighted by molar-refractivity contribution is 0.116. The summed E-state index contributed by atoms with van der Waals surface area (Å²) < 4.78 is 31.4. The summed E-state index contributed by atoms with van der Waals surface area (Å²) in [5, 5.41) is 14.9. The number of hydrogen-bond donors (Lipinski definition) is 3. The van der Waals surface area contributed by atoms with Crippen molar-refractivity contribution in [3.8, 4) is 5.75 Å². The molecule has 0 aliphatic carbocycles. The lowest BCUT2D eigenvalue weighted by atomic mass is 10.0. The Hall–Kier alpha value is -1.89. The van der Waals surface area contributed by atoms with E-state index in [1.165, 1.54) is 6.07 Å². The van der Waals surface area contributed by atoms with Gasteiger partial charge >= 0.3 is 6.03 Å². The Kier molecular flexibility index (Phi) is 7.74. The van der Waals surface area contributed by atoms with Crippen molar-refractivity contribution < 1.29 is 23.4 Å². The summed E-state index contributed by atoms with van der Waals surface area (Å²) in [4.78, 5) is 11.6. The molecule has 0 radical (unpaired) electrons. The molecule has 0 saturated heterocycles. The van der Waals surface area contributed by atoms with Gasteiger partial charge in [0, 0.05) is 12.6 Å². The molecule has 3 N–H and O–H groups in total. The molecule has 1 aromatic carbocycles. The van der Waals surface area contributed by atoms with E-state index in [2.05, 4.69) is 10.6 Å². The molecule has 7 heteroatoms. The fraction of sp³-hybridized carbons (Fsp3) is 0.562. The number of nitrogens with one attached hydrogen (secondary N) is 2. The molecule has 0 spiro atoms. The van der Waals surface area contributed by atoms with Gasteiger partial charge in [0.1, 0.15) is 12.4 Å². The number of aliphatic hydroxyl groups excluding tert-OH is 1. The summed E-state index contributed by atoms with van der Waals surface area (Å²) in [7, 11) is 0. The fourth-order valence-electron chi connectivity index (χ4n) is 1.79. The maximum atomic E-state index is 13.4. The molecular weight excluding hydrogens is 306 g/mol. The number of amides is 2. The zero-order valence-electron chi connectivity index (χ0n) is 13.6. The van der Waals surface area contributed by atoms with Crippen LogP contribution in [0, 0.1) is 17.6 Å². The maximum absolute atomic E-state index is 13.4. The third kappa shape index (κ3) is 7.27. The Balaban J connectivity index is 2.27. The van der Waals surface area contributed by atoms with Gasteiger partial charge < -0.3 is 20.5 Å². The van der Waals surface area contributed by atoms with Crippen LogP contribution in [0.3, 0.4) is 0 Å². The summed E-state index contributed by atoms with van der Waals surface area (Å²) in [6.45, 7) is 5.90. The predicted molar refractivity (Wildman–Crippen MR) is 83.3 cm³/mol. The van der Waals surface area contributed by atoms with E-state index >= 15 is 0 Å². The van der Waals surface area contributed by atoms with E-state index in [1.807, 2.05) is 13.8 Å². The molecule has 5 nitrogen and oxygen atoms in total. The molecule has 0 aliphatic heterocycles. The highest BCUT2D eigenvalue weighted by molar-refractivity contribution is 5.74. The van der Waals surface area contributed by atoms with Crippen LogP contribution < -0.4 is 15.4 Å². The van der Waals surface area contributed by atoms with E-state index in [0.29, 0.717) is 13.0 Å². The van der Waals surface area contributed by atoms with Gasteiger partial charge in [-0.2, -0.15) is 0 Å². The van der Waals surface area contributed by atoms with E-state index in [4.69, 9.17) is 4.74 Å². The smallest absolute Gasteiger partial charge is 0.315 e. The maximum Gasteiger partial charge on any atom is 0.315 e. The van der Waals surface area contributed by atoms with Crippen LogP contribution in [-0.4, -0.2) is 36.4 Å². The van der Waals surface area contributed by atoms with Gasteiger partial charge in [0.05, 0.1) is 12.1 Å². The van der Waals surface area contributed by atoms with Crippen LogP contribution in [0.5, 0.6) is 5.75 Å². The van der Waals surface area contributed by atoms with E-state index in [0.717, 1.165) is 12.1 Å². The largest absolute Gasteiger partial charge is 0.488 e. The van der Waals surface area contributed by atoms with Crippen LogP contribution in [0.25, 0.3) is 0 Å². The van der Waals surface area contributed by atoms with Crippen molar-refractivity contribution in [2.24, 2.45) is 5.92 Å². The van der Waals surface area contributed by atoms with Crippen LogP contribution in [0.2, 0.25) is 0 Å². The summed E-state index contributed by atoms with van der Waals surface area (Å²) in [5.41, 5.74) is 0. The first-order valence-electron chi connectivity index (χ1n) is 7.60. The number of ether oxygens (including phenoxy) is 1. The van der Waals surface area contributed by atoms with Crippen molar-refractivity contribution in [2.45, 2.75) is 39.3 Å². The van der Waals surface area contributed by atoms with Gasteiger partial charge in [-0.15, -0.1) is 0 Å². The van der Waals surface area contributed by atoms with Gasteiger partial charge in [0.15, 0.2) is 11.6 Å². The first-order chi connectivity index (χ1) is 10.8. The topological polar surface area (TPSA) is 70.6 Å². The average molecular weight is 330 g/mol. The number of aliphatic hydroxyl groups is 1. The molecule has 0 saturated carbocycles. The zero-order valence-corrected chi connectivity index (χ0v) is 13.6. The van der Waals surface area contributed by atoms with Gasteiger partial charge in [-0.3, -0.25) is 0 Å². The molecule has 0 fully saturated rings. The van der Waals surface area contributed by atoms with E-state index in [9.17, 15) is 18.7 Å². The normalized spacial score (nSPS) is 13.5. The third-order valence-electron chi connectivity index (χ3n) is 3.26. The number of urea groups is 1. The summed E-state index contributed by atoms with van der Waals surface area (Å²) >= 11 is 0. The van der Waals surface area contributed by atoms with Gasteiger partial charge in [-0.05, 0) is 31.4 Å². The number of benzene rings is 1. The number of carbonyl (C=O) groups is 1. The van der Waals surface area contributed by atoms with Crippen molar-refractivity contribution in [3.05, 3.63) is 29.8 Å². The molecular formula is C16H24F2N2O3. The second-order valence-corrected chi connectivity index (χ2v) is 5.79. The van der Waals surface area contributed by atoms with Gasteiger partial charge in [0.2, 0.25) is 0 Å². The molecule has 2 atom stereocenters. The molecule has 0 bridgehead atoms. The number of rotatable bonds is 8. The number of hydrogen-bond acceptors (Lipinski definition) is 3. The first-order valence-corrected chi connectivity index (χ1v) is 7.60. The second-order valence-electron chi connectivity index (χ2n) is 5.79. The minimum atomic E-state index is -0.788. The third-order valence-corrected chi connectivity index (χ3v) is 3.26. The molecule has 23 heavy (non-hydrogen) atoms. The highest BCUT2D eigenvalue weighted by Crippen LogP contribution is 2.17. The Morgan fingerprint density at radius 3 is 2.61 bits per heavy atom. The Labute approximate surface area is 135 Å². The van der Waals surface area contributed by atoms with Crippen molar-refractivity contribution in [1.29, 1.82) is 0 Å². The van der Waals surface area contributed by atoms with E-state index in [1.54, 1.807) is 6.92 Å². The standard InChI is InChI=1S/C16H24F2N2O3/c1-10(2)14(21)6-7-19-16(22)20-11(3)9-23-15-5-4-12(17)8-13(15)18/h4-5,8,10-11,14,21H,6-7,9H2,1-3H3,(H2,19,20,22). The van der Waals surface area contributed by atoms with Crippen molar-refractivity contribution in [2.75, 3.05) is 13.2 Å². The number of carbonyl (C=O) groups excluding carboxylic acids is 1. The highest BCUT2D eigenvalue weighted by Gasteiger charge is 2.12. The molecule has 2 unspecified atom stereocenters. The van der Waals surface area contributed by atoms with Crippen LogP contribution in [0.4, 0.5) is 13.6 Å². The van der Waals surface area contributed by atoms with Gasteiger partial charge in [-0.25, -0.2) is 13.6 Å². The summed E-state index contributed by atoms with van der Waals surface area (Å²) in [6.07, 6.45) is 0.00837. The SMILES string of the molecule is CC(COc1ccc(F)cc1F)NC(=O)NCCC(O)C(C)C. The molecule has 0 heterocycles. The molecule has 2 amide bonds. The lowest BCUT2D eigenvalue weighted by Gasteiger charge is -2.17. The molecule has 1 rings (SSSR count). The highest BCUT2D eigenvalue weighted by atomic mass is 19.1. The Bertz CT molecular complexity index is 512. The van der Waals surface area contributed by atoms with E-state index in [-0.39, 0.29) is 24.3 Å². The summed E-state index contributed by atoms with van der Waals surface area (Å²) in [6, 6.07) is 2.28. The zero-order chi connectivity index (χ0) is 17.4. The minimum absolute atomic E-state index is 0.0462. The summed E-state index contributed by atoms with van der Waals surface area (Å²) in [5.74, 6) is -1.40. The van der Waals surface area contributed by atoms with Crippen molar-refractivity contribution >= 4 is 6.03 Å². The number of halogens is 2. The quantitative estimate of drug-likeness (QED) is 0.686. The van der Waals surface area contributed by atoms with Crippen LogP contribution in [0.15, 0.2) is 18.2 Å².